The number of hydrogen-bond donors (Lipinski definition) is 6. The van der Waals surface area contributed by atoms with Crippen molar-refractivity contribution in [1.29, 1.82) is 0 Å². The molecule has 0 bridgehead atoms. The number of aliphatic hydroxyl groups excluding tert-OH is 4. The molecule has 0 aromatic heterocycles. The largest absolute Gasteiger partial charge is 0.392 e. The Morgan fingerprint density at radius 2 is 0.750 bits per heavy atom. The van der Waals surface area contributed by atoms with E-state index in [1.54, 1.807) is 0 Å². The monoisotopic (exact) mass is 316 g/mol. The molecule has 0 rings (SSSR count). The van der Waals surface area contributed by atoms with E-state index in [1.807, 2.05) is 0 Å². The minimum absolute atomic E-state index is 0.167. The van der Waals surface area contributed by atoms with E-state index in [1.165, 1.54) is 0 Å². The van der Waals surface area contributed by atoms with E-state index in [-0.39, 0.29) is 25.4 Å². The third-order valence-electron chi connectivity index (χ3n) is 0. The lowest BCUT2D eigenvalue weighted by Crippen LogP contribution is -2.18. The summed E-state index contributed by atoms with van der Waals surface area (Å²) >= 11 is 0. The summed E-state index contributed by atoms with van der Waals surface area (Å²) in [5.41, 5.74) is 8.50. The molecule has 0 aromatic carbocycles. The number of carbonyl (C=O) groups excluding carboxylic acids is 1. The van der Waals surface area contributed by atoms with Crippen molar-refractivity contribution >= 4 is 43.0 Å². The van der Waals surface area contributed by atoms with E-state index >= 15 is 0 Å². The van der Waals surface area contributed by atoms with Gasteiger partial charge in [0.25, 0.3) is 0 Å². The minimum Gasteiger partial charge on any atom is -0.392 e. The standard InChI is InChI=1S/CH4N2O.4CH5OP/c2-1(3)4;4*2-1-3/h(H4,2,3,4);4*2H,1,3H2. The fourth-order valence-electron chi connectivity index (χ4n) is 0. The van der Waals surface area contributed by atoms with Gasteiger partial charge in [-0.3, -0.25) is 0 Å². The van der Waals surface area contributed by atoms with Crippen LogP contribution in [0.4, 0.5) is 4.79 Å². The van der Waals surface area contributed by atoms with E-state index in [0.717, 1.165) is 0 Å². The molecule has 0 aliphatic carbocycles. The van der Waals surface area contributed by atoms with E-state index in [9.17, 15) is 0 Å². The molecule has 0 aliphatic heterocycles. The molecule has 0 aliphatic rings. The van der Waals surface area contributed by atoms with Gasteiger partial charge in [0.1, 0.15) is 0 Å². The first-order valence-corrected chi connectivity index (χ1v) is 6.95. The summed E-state index contributed by atoms with van der Waals surface area (Å²) in [6.45, 7) is 0. The van der Waals surface area contributed by atoms with Crippen LogP contribution in [0.15, 0.2) is 0 Å². The highest BCUT2D eigenvalue weighted by Crippen LogP contribution is 1.63. The fraction of sp³-hybridized carbons (Fsp3) is 0.800. The molecule has 0 saturated heterocycles. The summed E-state index contributed by atoms with van der Waals surface area (Å²) in [5, 5.41) is 30.1. The van der Waals surface area contributed by atoms with Crippen LogP contribution in [-0.4, -0.2) is 51.8 Å². The van der Waals surface area contributed by atoms with Crippen LogP contribution in [0.1, 0.15) is 0 Å². The summed E-state index contributed by atoms with van der Waals surface area (Å²) in [7, 11) is 8.54. The second-order valence-corrected chi connectivity index (χ2v) is 2.59. The maximum absolute atomic E-state index is 9.00. The van der Waals surface area contributed by atoms with Crippen molar-refractivity contribution in [1.82, 2.24) is 0 Å². The number of primary amides is 2. The minimum atomic E-state index is -0.833. The van der Waals surface area contributed by atoms with Crippen LogP contribution >= 0.6 is 37.0 Å². The van der Waals surface area contributed by atoms with E-state index in [0.29, 0.717) is 0 Å². The van der Waals surface area contributed by atoms with Crippen molar-refractivity contribution in [3.05, 3.63) is 0 Å². The normalized spacial score (nSPS) is 6.00. The maximum atomic E-state index is 9.00. The van der Waals surface area contributed by atoms with Crippen molar-refractivity contribution < 1.29 is 25.2 Å². The van der Waals surface area contributed by atoms with Crippen molar-refractivity contribution in [3.8, 4) is 0 Å². The van der Waals surface area contributed by atoms with Crippen LogP contribution in [0.25, 0.3) is 0 Å². The molecule has 0 fully saturated rings. The highest BCUT2D eigenvalue weighted by atomic mass is 31.0. The van der Waals surface area contributed by atoms with Crippen molar-refractivity contribution in [2.45, 2.75) is 0 Å². The topological polar surface area (TPSA) is 150 Å². The fourth-order valence-corrected chi connectivity index (χ4v) is 0. The lowest BCUT2D eigenvalue weighted by Gasteiger charge is -1.62. The van der Waals surface area contributed by atoms with E-state index in [4.69, 9.17) is 25.2 Å². The molecule has 7 nitrogen and oxygen atoms in total. The zero-order valence-corrected chi connectivity index (χ0v) is 13.6. The first-order valence-electron chi connectivity index (χ1n) is 3.68. The van der Waals surface area contributed by atoms with Crippen LogP contribution in [0.5, 0.6) is 0 Å². The Kier molecular flexibility index (Phi) is 107. The molecule has 104 valence electrons. The van der Waals surface area contributed by atoms with Gasteiger partial charge < -0.3 is 31.9 Å². The Morgan fingerprint density at radius 3 is 0.750 bits per heavy atom. The van der Waals surface area contributed by atoms with Crippen molar-refractivity contribution in [2.75, 3.05) is 25.4 Å². The molecule has 0 spiro atoms. The maximum Gasteiger partial charge on any atom is 0.309 e. The predicted octanol–water partition coefficient (Wildman–Crippen LogP) is -1.73. The lowest BCUT2D eigenvalue weighted by atomic mass is 11.2. The Bertz CT molecular complexity index is 81.2. The summed E-state index contributed by atoms with van der Waals surface area (Å²) in [6, 6.07) is -0.833. The third kappa shape index (κ3) is 4120. The first-order chi connectivity index (χ1) is 7.39. The molecule has 2 amide bonds. The molecule has 0 aromatic rings. The van der Waals surface area contributed by atoms with Crippen LogP contribution < -0.4 is 11.5 Å². The Labute approximate surface area is 106 Å². The van der Waals surface area contributed by atoms with Gasteiger partial charge in [-0.1, -0.05) is 0 Å². The predicted molar refractivity (Wildman–Crippen MR) is 81.0 cm³/mol. The van der Waals surface area contributed by atoms with Gasteiger partial charge in [0.05, 0.1) is 25.4 Å². The molecule has 4 atom stereocenters. The second-order valence-electron chi connectivity index (χ2n) is 1.13. The first kappa shape index (κ1) is 30.1. The van der Waals surface area contributed by atoms with E-state index < -0.39 is 6.03 Å². The Morgan fingerprint density at radius 1 is 0.750 bits per heavy atom. The number of urea groups is 1. The van der Waals surface area contributed by atoms with Crippen LogP contribution in [0.2, 0.25) is 0 Å². The van der Waals surface area contributed by atoms with Gasteiger partial charge in [0.15, 0.2) is 0 Å². The Balaban J connectivity index is -0.0000000317. The number of rotatable bonds is 0. The van der Waals surface area contributed by atoms with Gasteiger partial charge in [0, 0.05) is 0 Å². The molecule has 0 heterocycles. The Hall–Kier alpha value is 0.830. The molecule has 0 saturated carbocycles. The van der Waals surface area contributed by atoms with Gasteiger partial charge in [-0.25, -0.2) is 4.79 Å². The number of hydrogen-bond acceptors (Lipinski definition) is 5. The zero-order valence-electron chi connectivity index (χ0n) is 8.99. The van der Waals surface area contributed by atoms with Gasteiger partial charge in [-0.15, -0.1) is 37.0 Å². The average Bonchev–Trinajstić information content (AvgIpc) is 2.06. The smallest absolute Gasteiger partial charge is 0.309 e. The summed E-state index contributed by atoms with van der Waals surface area (Å²) in [5.74, 6) is 0. The molecule has 4 unspecified atom stereocenters. The SMILES string of the molecule is NC(N)=O.OCP.OCP.OCP.OCP. The summed E-state index contributed by atoms with van der Waals surface area (Å²) in [6.07, 6.45) is 0.667. The lowest BCUT2D eigenvalue weighted by molar-refractivity contribution is 0.256. The van der Waals surface area contributed by atoms with Gasteiger partial charge in [0.2, 0.25) is 0 Å². The molecular formula is C5H24N2O5P4. The number of carbonyl (C=O) groups is 1. The van der Waals surface area contributed by atoms with Crippen LogP contribution in [-0.2, 0) is 0 Å². The zero-order chi connectivity index (χ0) is 14.4. The quantitative estimate of drug-likeness (QED) is 0.294. The number of aliphatic hydroxyl groups is 4. The van der Waals surface area contributed by atoms with Gasteiger partial charge in [-0.05, 0) is 0 Å². The summed E-state index contributed by atoms with van der Waals surface area (Å²) < 4.78 is 0. The molecule has 16 heavy (non-hydrogen) atoms. The highest BCUT2D eigenvalue weighted by molar-refractivity contribution is 7.16. The van der Waals surface area contributed by atoms with Crippen LogP contribution in [0.3, 0.4) is 0 Å². The number of nitrogens with two attached hydrogens (primary N) is 2. The van der Waals surface area contributed by atoms with Crippen molar-refractivity contribution in [3.63, 3.8) is 0 Å². The second kappa shape index (κ2) is 56.8. The molecule has 11 heteroatoms. The van der Waals surface area contributed by atoms with Gasteiger partial charge >= 0.3 is 6.03 Å². The number of amides is 2. The third-order valence-corrected chi connectivity index (χ3v) is 0. The summed E-state index contributed by atoms with van der Waals surface area (Å²) in [4.78, 5) is 9.00. The van der Waals surface area contributed by atoms with Crippen molar-refractivity contribution in [2.24, 2.45) is 11.5 Å². The van der Waals surface area contributed by atoms with E-state index in [2.05, 4.69) is 48.4 Å². The van der Waals surface area contributed by atoms with Gasteiger partial charge in [-0.2, -0.15) is 0 Å². The molecule has 0 radical (unpaired) electrons. The molecular weight excluding hydrogens is 292 g/mol. The highest BCUT2D eigenvalue weighted by Gasteiger charge is 1.60. The van der Waals surface area contributed by atoms with Crippen LogP contribution in [0, 0.1) is 0 Å². The average molecular weight is 316 g/mol. The molecule has 8 N–H and O–H groups in total.